The van der Waals surface area contributed by atoms with E-state index in [-0.39, 0.29) is 5.91 Å². The Morgan fingerprint density at radius 3 is 2.13 bits per heavy atom. The molecule has 0 fully saturated rings. The Morgan fingerprint density at radius 1 is 0.617 bits per heavy atom. The van der Waals surface area contributed by atoms with Gasteiger partial charge in [0.25, 0.3) is 0 Å². The van der Waals surface area contributed by atoms with Crippen LogP contribution in [0.5, 0.6) is 0 Å². The van der Waals surface area contributed by atoms with Crippen molar-refractivity contribution in [2.45, 2.75) is 12.8 Å². The van der Waals surface area contributed by atoms with Gasteiger partial charge >= 0.3 is 0 Å². The van der Waals surface area contributed by atoms with Crippen molar-refractivity contribution in [3.8, 4) is 0 Å². The Balaban J connectivity index is 0.000000103. The number of amides is 1. The maximum absolute atomic E-state index is 10.8. The second-order valence-corrected chi connectivity index (χ2v) is 10.6. The van der Waals surface area contributed by atoms with Gasteiger partial charge in [0.05, 0.1) is 29.3 Å². The van der Waals surface area contributed by atoms with Crippen LogP contribution in [0.2, 0.25) is 0 Å². The van der Waals surface area contributed by atoms with Crippen molar-refractivity contribution >= 4 is 56.3 Å². The maximum atomic E-state index is 10.8. The number of anilines is 1. The largest absolute Gasteiger partial charge is 0.346 e. The number of aliphatic imine (C=N–C) groups is 1. The Morgan fingerprint density at radius 2 is 1.32 bits per heavy atom. The Hall–Kier alpha value is -6.41. The first-order chi connectivity index (χ1) is 23.2. The van der Waals surface area contributed by atoms with Crippen molar-refractivity contribution in [2.75, 3.05) is 5.32 Å². The molecule has 8 aromatic rings. The van der Waals surface area contributed by atoms with Crippen LogP contribution in [0.25, 0.3) is 32.8 Å². The Kier molecular flexibility index (Phi) is 10.1. The first-order valence-corrected chi connectivity index (χ1v) is 15.3. The molecule has 8 nitrogen and oxygen atoms in total. The van der Waals surface area contributed by atoms with Crippen LogP contribution in [0.15, 0.2) is 157 Å². The zero-order valence-corrected chi connectivity index (χ0v) is 25.6. The second kappa shape index (κ2) is 15.5. The first-order valence-electron chi connectivity index (χ1n) is 15.3. The molecule has 10 rings (SSSR count). The Labute approximate surface area is 272 Å². The lowest BCUT2D eigenvalue weighted by atomic mass is 10.2. The monoisotopic (exact) mass is 615 g/mol. The lowest BCUT2D eigenvalue weighted by Gasteiger charge is -1.93. The van der Waals surface area contributed by atoms with Gasteiger partial charge in [-0.15, -0.1) is 0 Å². The third-order valence-corrected chi connectivity index (χ3v) is 7.36. The highest BCUT2D eigenvalue weighted by atomic mass is 16.1. The smallest absolute Gasteiger partial charge is 0.228 e. The number of aromatic amines is 2. The van der Waals surface area contributed by atoms with Crippen molar-refractivity contribution in [3.63, 3.8) is 0 Å². The molecule has 2 aliphatic rings. The van der Waals surface area contributed by atoms with E-state index in [1.807, 2.05) is 134 Å². The lowest BCUT2D eigenvalue weighted by molar-refractivity contribution is -0.115. The van der Waals surface area contributed by atoms with Crippen LogP contribution < -0.4 is 5.32 Å². The molecule has 230 valence electrons. The number of aromatic nitrogens is 5. The number of para-hydroxylation sites is 4. The molecule has 0 saturated carbocycles. The maximum Gasteiger partial charge on any atom is 0.228 e. The number of H-pyrrole nitrogens is 2. The van der Waals surface area contributed by atoms with E-state index in [0.717, 1.165) is 50.8 Å². The van der Waals surface area contributed by atoms with Crippen LogP contribution in [0, 0.1) is 0 Å². The molecule has 0 spiro atoms. The van der Waals surface area contributed by atoms with Gasteiger partial charge in [-0.2, -0.15) is 5.10 Å². The van der Waals surface area contributed by atoms with E-state index in [0.29, 0.717) is 6.42 Å². The summed E-state index contributed by atoms with van der Waals surface area (Å²) in [5.74, 6) is 0.0983. The molecule has 2 aliphatic heterocycles. The molecule has 3 N–H and O–H groups in total. The van der Waals surface area contributed by atoms with E-state index in [1.54, 1.807) is 6.20 Å². The van der Waals surface area contributed by atoms with E-state index < -0.39 is 0 Å². The predicted molar refractivity (Wildman–Crippen MR) is 191 cm³/mol. The highest BCUT2D eigenvalue weighted by Gasteiger charge is 2.15. The quantitative estimate of drug-likeness (QED) is 0.159. The van der Waals surface area contributed by atoms with E-state index >= 15 is 0 Å². The van der Waals surface area contributed by atoms with E-state index in [9.17, 15) is 4.79 Å². The molecule has 4 aromatic carbocycles. The van der Waals surface area contributed by atoms with Crippen molar-refractivity contribution < 1.29 is 4.79 Å². The molecule has 0 unspecified atom stereocenters. The molecule has 47 heavy (non-hydrogen) atoms. The molecule has 8 heteroatoms. The third kappa shape index (κ3) is 8.40. The number of carbonyl (C=O) groups is 1. The average Bonchev–Trinajstić information content (AvgIpc) is 3.95. The van der Waals surface area contributed by atoms with E-state index in [4.69, 9.17) is 0 Å². The molecule has 1 amide bonds. The summed E-state index contributed by atoms with van der Waals surface area (Å²) in [7, 11) is 0. The fraction of sp³-hybridized carbons (Fsp3) is 0.0513. The number of hydrogen-bond acceptors (Lipinski definition) is 5. The van der Waals surface area contributed by atoms with Gasteiger partial charge in [-0.25, -0.2) is 4.98 Å². The van der Waals surface area contributed by atoms with Crippen molar-refractivity contribution in [3.05, 3.63) is 163 Å². The molecule has 6 heterocycles. The van der Waals surface area contributed by atoms with Gasteiger partial charge in [-0.1, -0.05) is 78.9 Å². The van der Waals surface area contributed by atoms with Crippen LogP contribution in [0.1, 0.15) is 11.1 Å². The van der Waals surface area contributed by atoms with Crippen LogP contribution >= 0.6 is 0 Å². The molecule has 0 bridgehead atoms. The van der Waals surface area contributed by atoms with Gasteiger partial charge in [0, 0.05) is 53.1 Å². The molecule has 0 atom stereocenters. The summed E-state index contributed by atoms with van der Waals surface area (Å²) in [6, 6.07) is 42.0. The van der Waals surface area contributed by atoms with Gasteiger partial charge in [0.15, 0.2) is 0 Å². The summed E-state index contributed by atoms with van der Waals surface area (Å²) >= 11 is 0. The van der Waals surface area contributed by atoms with Gasteiger partial charge in [-0.3, -0.25) is 19.9 Å². The summed E-state index contributed by atoms with van der Waals surface area (Å²) in [6.07, 6.45) is 10.8. The van der Waals surface area contributed by atoms with Crippen molar-refractivity contribution in [1.82, 2.24) is 25.1 Å². The number of pyridine rings is 2. The van der Waals surface area contributed by atoms with Gasteiger partial charge in [0.2, 0.25) is 5.91 Å². The summed E-state index contributed by atoms with van der Waals surface area (Å²) in [6.45, 7) is 0. The zero-order chi connectivity index (χ0) is 32.1. The minimum Gasteiger partial charge on any atom is -0.346 e. The molecular formula is C39H33N7O. The molecule has 0 radical (unpaired) electrons. The lowest BCUT2D eigenvalue weighted by Crippen LogP contribution is -2.03. The number of nitrogens with zero attached hydrogens (tertiary/aromatic N) is 4. The third-order valence-electron chi connectivity index (χ3n) is 7.36. The van der Waals surface area contributed by atoms with Crippen LogP contribution in [0.3, 0.4) is 0 Å². The minimum atomic E-state index is 0.0983. The Bertz CT molecular complexity index is 2020. The molecule has 0 saturated heterocycles. The van der Waals surface area contributed by atoms with E-state index in [2.05, 4.69) is 53.7 Å². The number of nitrogens with one attached hydrogen (secondary N) is 3. The SMILES string of the molecule is C1=Nc2ccccc2C1.O=C1Cc2ccccc2N1.c1ccc2[nH]ncc2c1.c1ccc2ncccc2c1.c1cnc2[nH]ccc2c1. The van der Waals surface area contributed by atoms with Gasteiger partial charge in [0.1, 0.15) is 5.65 Å². The summed E-state index contributed by atoms with van der Waals surface area (Å²) < 4.78 is 0. The fourth-order valence-electron chi connectivity index (χ4n) is 5.00. The van der Waals surface area contributed by atoms with Gasteiger partial charge in [-0.05, 0) is 59.7 Å². The molecule has 0 aliphatic carbocycles. The zero-order valence-electron chi connectivity index (χ0n) is 25.6. The minimum absolute atomic E-state index is 0.0983. The number of benzene rings is 4. The normalized spacial score (nSPS) is 11.8. The van der Waals surface area contributed by atoms with E-state index in [1.165, 1.54) is 10.9 Å². The number of rotatable bonds is 0. The predicted octanol–water partition coefficient (Wildman–Crippen LogP) is 8.49. The first kappa shape index (κ1) is 30.6. The van der Waals surface area contributed by atoms with Crippen LogP contribution in [-0.4, -0.2) is 37.3 Å². The highest BCUT2D eigenvalue weighted by molar-refractivity contribution is 5.99. The highest BCUT2D eigenvalue weighted by Crippen LogP contribution is 2.22. The van der Waals surface area contributed by atoms with Gasteiger partial charge < -0.3 is 10.3 Å². The molecular weight excluding hydrogens is 582 g/mol. The fourth-order valence-corrected chi connectivity index (χ4v) is 5.00. The second-order valence-electron chi connectivity index (χ2n) is 10.6. The standard InChI is InChI=1S/C9H7N.C8H7NO.C8H7N.2C7H6N2/c1-2-6-9-8(4-1)5-3-7-10-9;10-8-5-6-3-1-2-4-7(6)9-8;1-2-4-8-7(3-1)5-6-9-8;1-2-6-3-5-9-7(6)8-4-1;1-2-4-7-6(3-1)5-8-9-7/h1-7H;1-4H,5H2,(H,9,10);1-4,6H,5H2;2*1-5H,(H,8,9). The van der Waals surface area contributed by atoms with Crippen LogP contribution in [0.4, 0.5) is 11.4 Å². The van der Waals surface area contributed by atoms with Crippen molar-refractivity contribution in [1.29, 1.82) is 0 Å². The van der Waals surface area contributed by atoms with Crippen molar-refractivity contribution in [2.24, 2.45) is 4.99 Å². The average molecular weight is 616 g/mol. The molecule has 4 aromatic heterocycles. The topological polar surface area (TPSA) is 112 Å². The van der Waals surface area contributed by atoms with Crippen LogP contribution in [-0.2, 0) is 17.6 Å². The number of hydrogen-bond donors (Lipinski definition) is 3. The summed E-state index contributed by atoms with van der Waals surface area (Å²) in [5.41, 5.74) is 7.66. The number of fused-ring (bicyclic) bond motifs is 5. The number of carbonyl (C=O) groups excluding carboxylic acids is 1. The summed E-state index contributed by atoms with van der Waals surface area (Å²) in [5, 5.41) is 13.0. The summed E-state index contributed by atoms with van der Waals surface area (Å²) in [4.78, 5) is 26.2.